The van der Waals surface area contributed by atoms with Gasteiger partial charge in [0.1, 0.15) is 0 Å². The Hall–Kier alpha value is -1.46. The van der Waals surface area contributed by atoms with Gasteiger partial charge in [0.15, 0.2) is 11.5 Å². The van der Waals surface area contributed by atoms with Crippen LogP contribution in [0.2, 0.25) is 0 Å². The summed E-state index contributed by atoms with van der Waals surface area (Å²) in [5, 5.41) is 8.02. The highest BCUT2D eigenvalue weighted by Gasteiger charge is 2.22. The SMILES string of the molecule is CC(C)Oc1c(OC2CCC(N)CC2)ccc2[nH]ncc12.Cl. The Morgan fingerprint density at radius 1 is 1.23 bits per heavy atom. The van der Waals surface area contributed by atoms with Gasteiger partial charge in [0.25, 0.3) is 0 Å². The smallest absolute Gasteiger partial charge is 0.172 e. The minimum Gasteiger partial charge on any atom is -0.487 e. The molecular formula is C16H24ClN3O2. The molecule has 1 aliphatic carbocycles. The molecule has 1 fully saturated rings. The van der Waals surface area contributed by atoms with Gasteiger partial charge in [-0.2, -0.15) is 5.10 Å². The van der Waals surface area contributed by atoms with Gasteiger partial charge in [0.2, 0.25) is 0 Å². The Labute approximate surface area is 137 Å². The molecule has 6 heteroatoms. The van der Waals surface area contributed by atoms with Crippen molar-refractivity contribution < 1.29 is 9.47 Å². The van der Waals surface area contributed by atoms with Crippen molar-refractivity contribution in [3.63, 3.8) is 0 Å². The average molecular weight is 326 g/mol. The van der Waals surface area contributed by atoms with E-state index in [2.05, 4.69) is 10.2 Å². The van der Waals surface area contributed by atoms with Gasteiger partial charge in [-0.1, -0.05) is 0 Å². The van der Waals surface area contributed by atoms with Gasteiger partial charge in [0.05, 0.1) is 29.3 Å². The molecule has 1 saturated carbocycles. The number of nitrogens with two attached hydrogens (primary N) is 1. The molecule has 0 saturated heterocycles. The molecule has 0 bridgehead atoms. The molecule has 0 radical (unpaired) electrons. The van der Waals surface area contributed by atoms with E-state index in [-0.39, 0.29) is 24.6 Å². The van der Waals surface area contributed by atoms with Gasteiger partial charge >= 0.3 is 0 Å². The lowest BCUT2D eigenvalue weighted by atomic mass is 9.94. The Morgan fingerprint density at radius 2 is 1.95 bits per heavy atom. The zero-order valence-electron chi connectivity index (χ0n) is 13.0. The molecule has 1 aliphatic rings. The number of nitrogens with one attached hydrogen (secondary N) is 1. The summed E-state index contributed by atoms with van der Waals surface area (Å²) >= 11 is 0. The molecule has 122 valence electrons. The fourth-order valence-electron chi connectivity index (χ4n) is 2.81. The fraction of sp³-hybridized carbons (Fsp3) is 0.562. The maximum Gasteiger partial charge on any atom is 0.172 e. The van der Waals surface area contributed by atoms with Crippen LogP contribution < -0.4 is 15.2 Å². The predicted octanol–water partition coefficient (Wildman–Crippen LogP) is 3.42. The number of nitrogens with zero attached hydrogens (tertiary/aromatic N) is 1. The zero-order valence-corrected chi connectivity index (χ0v) is 13.9. The lowest BCUT2D eigenvalue weighted by Gasteiger charge is -2.27. The van der Waals surface area contributed by atoms with Crippen molar-refractivity contribution in [2.45, 2.75) is 57.8 Å². The third-order valence-electron chi connectivity index (χ3n) is 3.90. The van der Waals surface area contributed by atoms with E-state index in [4.69, 9.17) is 15.2 Å². The van der Waals surface area contributed by atoms with Gasteiger partial charge in [0, 0.05) is 6.04 Å². The number of rotatable bonds is 4. The Bertz CT molecular complexity index is 606. The van der Waals surface area contributed by atoms with Gasteiger partial charge in [-0.3, -0.25) is 5.10 Å². The van der Waals surface area contributed by atoms with Gasteiger partial charge < -0.3 is 15.2 Å². The van der Waals surface area contributed by atoms with E-state index < -0.39 is 0 Å². The summed E-state index contributed by atoms with van der Waals surface area (Å²) in [4.78, 5) is 0. The standard InChI is InChI=1S/C16H23N3O2.ClH/c1-10(2)20-16-13-9-18-19-14(13)7-8-15(16)21-12-5-3-11(17)4-6-12;/h7-12H,3-6,17H2,1-2H3,(H,18,19);1H. The minimum absolute atomic E-state index is 0. The third-order valence-corrected chi connectivity index (χ3v) is 3.90. The number of benzene rings is 1. The van der Waals surface area contributed by atoms with Crippen LogP contribution in [0.5, 0.6) is 11.5 Å². The molecule has 2 aromatic rings. The molecule has 3 rings (SSSR count). The summed E-state index contributed by atoms with van der Waals surface area (Å²) in [5.74, 6) is 1.59. The van der Waals surface area contributed by atoms with E-state index in [9.17, 15) is 0 Å². The number of H-pyrrole nitrogens is 1. The van der Waals surface area contributed by atoms with Crippen LogP contribution in [0.4, 0.5) is 0 Å². The van der Waals surface area contributed by atoms with Crippen molar-refractivity contribution in [2.24, 2.45) is 5.73 Å². The summed E-state index contributed by atoms with van der Waals surface area (Å²) in [6, 6.07) is 4.28. The first kappa shape index (κ1) is 16.9. The normalized spacial score (nSPS) is 21.6. The van der Waals surface area contributed by atoms with Crippen LogP contribution in [0.1, 0.15) is 39.5 Å². The molecule has 5 nitrogen and oxygen atoms in total. The van der Waals surface area contributed by atoms with Crippen LogP contribution in [0, 0.1) is 0 Å². The molecule has 1 aromatic heterocycles. The van der Waals surface area contributed by atoms with E-state index in [1.165, 1.54) is 0 Å². The van der Waals surface area contributed by atoms with E-state index in [0.717, 1.165) is 48.1 Å². The minimum atomic E-state index is 0. The molecule has 1 heterocycles. The predicted molar refractivity (Wildman–Crippen MR) is 90.0 cm³/mol. The molecule has 0 amide bonds. The monoisotopic (exact) mass is 325 g/mol. The lowest BCUT2D eigenvalue weighted by Crippen LogP contribution is -2.31. The van der Waals surface area contributed by atoms with Crippen molar-refractivity contribution in [1.29, 1.82) is 0 Å². The molecule has 0 unspecified atom stereocenters. The molecule has 1 aromatic carbocycles. The lowest BCUT2D eigenvalue weighted by molar-refractivity contribution is 0.136. The van der Waals surface area contributed by atoms with Crippen molar-refractivity contribution >= 4 is 23.3 Å². The van der Waals surface area contributed by atoms with Crippen LogP contribution in [0.3, 0.4) is 0 Å². The summed E-state index contributed by atoms with van der Waals surface area (Å²) < 4.78 is 12.2. The quantitative estimate of drug-likeness (QED) is 0.903. The fourth-order valence-corrected chi connectivity index (χ4v) is 2.81. The summed E-state index contributed by atoms with van der Waals surface area (Å²) in [6.07, 6.45) is 6.17. The highest BCUT2D eigenvalue weighted by atomic mass is 35.5. The number of hydrogen-bond acceptors (Lipinski definition) is 4. The van der Waals surface area contributed by atoms with E-state index in [0.29, 0.717) is 6.04 Å². The molecule has 0 aliphatic heterocycles. The van der Waals surface area contributed by atoms with E-state index in [1.54, 1.807) is 6.20 Å². The summed E-state index contributed by atoms with van der Waals surface area (Å²) in [5.41, 5.74) is 6.92. The number of ether oxygens (including phenoxy) is 2. The highest BCUT2D eigenvalue weighted by Crippen LogP contribution is 2.37. The second kappa shape index (κ2) is 7.20. The number of aromatic amines is 1. The van der Waals surface area contributed by atoms with Crippen LogP contribution >= 0.6 is 12.4 Å². The second-order valence-electron chi connectivity index (χ2n) is 6.05. The number of aromatic nitrogens is 2. The highest BCUT2D eigenvalue weighted by molar-refractivity contribution is 5.87. The molecule has 0 spiro atoms. The first-order valence-electron chi connectivity index (χ1n) is 7.68. The van der Waals surface area contributed by atoms with Gasteiger partial charge in [-0.05, 0) is 51.7 Å². The summed E-state index contributed by atoms with van der Waals surface area (Å²) in [7, 11) is 0. The molecule has 22 heavy (non-hydrogen) atoms. The maximum atomic E-state index is 6.19. The first-order valence-corrected chi connectivity index (χ1v) is 7.68. The number of fused-ring (bicyclic) bond motifs is 1. The van der Waals surface area contributed by atoms with Crippen LogP contribution in [0.15, 0.2) is 18.3 Å². The van der Waals surface area contributed by atoms with E-state index in [1.807, 2.05) is 26.0 Å². The van der Waals surface area contributed by atoms with Crippen molar-refractivity contribution in [3.05, 3.63) is 18.3 Å². The van der Waals surface area contributed by atoms with Gasteiger partial charge in [-0.15, -0.1) is 12.4 Å². The molecule has 3 N–H and O–H groups in total. The first-order chi connectivity index (χ1) is 10.1. The van der Waals surface area contributed by atoms with Crippen LogP contribution in [-0.2, 0) is 0 Å². The van der Waals surface area contributed by atoms with Crippen molar-refractivity contribution in [1.82, 2.24) is 10.2 Å². The van der Waals surface area contributed by atoms with Crippen LogP contribution in [-0.4, -0.2) is 28.4 Å². The average Bonchev–Trinajstić information content (AvgIpc) is 2.92. The van der Waals surface area contributed by atoms with E-state index >= 15 is 0 Å². The largest absolute Gasteiger partial charge is 0.487 e. The Balaban J connectivity index is 0.00000176. The molecular weight excluding hydrogens is 302 g/mol. The number of hydrogen-bond donors (Lipinski definition) is 2. The summed E-state index contributed by atoms with van der Waals surface area (Å²) in [6.45, 7) is 4.03. The maximum absolute atomic E-state index is 6.19. The number of halogens is 1. The topological polar surface area (TPSA) is 73.2 Å². The van der Waals surface area contributed by atoms with Crippen molar-refractivity contribution in [3.8, 4) is 11.5 Å². The molecule has 0 atom stereocenters. The second-order valence-corrected chi connectivity index (χ2v) is 6.05. The van der Waals surface area contributed by atoms with Crippen LogP contribution in [0.25, 0.3) is 10.9 Å². The van der Waals surface area contributed by atoms with Gasteiger partial charge in [-0.25, -0.2) is 0 Å². The zero-order chi connectivity index (χ0) is 14.8. The van der Waals surface area contributed by atoms with Crippen molar-refractivity contribution in [2.75, 3.05) is 0 Å². The third kappa shape index (κ3) is 3.65. The Kier molecular flexibility index (Phi) is 5.53. The Morgan fingerprint density at radius 3 is 2.64 bits per heavy atom.